The van der Waals surface area contributed by atoms with Crippen molar-refractivity contribution in [1.29, 1.82) is 0 Å². The first-order chi connectivity index (χ1) is 17.6. The van der Waals surface area contributed by atoms with E-state index in [1.165, 1.54) is 12.1 Å². The number of nitrogens with zero attached hydrogens (tertiary/aromatic N) is 2. The van der Waals surface area contributed by atoms with Crippen LogP contribution in [0.25, 0.3) is 11.1 Å². The van der Waals surface area contributed by atoms with Gasteiger partial charge in [-0.1, -0.05) is 43.3 Å². The summed E-state index contributed by atoms with van der Waals surface area (Å²) in [4.78, 5) is 28.3. The molecule has 0 bridgehead atoms. The van der Waals surface area contributed by atoms with Gasteiger partial charge in [0.2, 0.25) is 11.8 Å². The molecule has 37 heavy (non-hydrogen) atoms. The highest BCUT2D eigenvalue weighted by atomic mass is 19.1. The molecule has 3 unspecified atom stereocenters. The first-order valence-corrected chi connectivity index (χ1v) is 12.4. The lowest BCUT2D eigenvalue weighted by Crippen LogP contribution is -2.48. The molecular weight excluding hydrogens is 483 g/mol. The van der Waals surface area contributed by atoms with Crippen molar-refractivity contribution in [2.24, 2.45) is 5.92 Å². The number of benzene rings is 2. The molecule has 1 saturated heterocycles. The number of likely N-dealkylation sites (tertiary alicyclic amines) is 1. The second-order valence-electron chi connectivity index (χ2n) is 9.88. The second-order valence-corrected chi connectivity index (χ2v) is 9.88. The van der Waals surface area contributed by atoms with Crippen molar-refractivity contribution in [1.82, 2.24) is 15.4 Å². The van der Waals surface area contributed by atoms with E-state index in [4.69, 9.17) is 4.52 Å². The molecule has 2 aromatic carbocycles. The van der Waals surface area contributed by atoms with E-state index >= 15 is 0 Å². The molecule has 1 fully saturated rings. The molecule has 3 aromatic rings. The number of hydrogen-bond donors (Lipinski definition) is 1. The third-order valence-electron chi connectivity index (χ3n) is 6.79. The van der Waals surface area contributed by atoms with Crippen LogP contribution in [0, 0.1) is 30.3 Å². The standard InChI is InChI=1S/C28H30F3N3O3/c1-15(2)25(24-12-16(3)33-37-24)28(36)34-11-5-6-23(34)27(35)32-17(4)18-7-9-19(10-8-18)26-21(30)13-20(29)14-22(26)31/h7-10,12-15,17,23,25H,5-6,11H2,1-4H3,(H,32,35). The number of carbonyl (C=O) groups excluding carboxylic acids is 2. The first kappa shape index (κ1) is 26.4. The minimum Gasteiger partial charge on any atom is -0.360 e. The molecular formula is C28H30F3N3O3. The maximum absolute atomic E-state index is 14.1. The van der Waals surface area contributed by atoms with E-state index in [0.717, 1.165) is 0 Å². The van der Waals surface area contributed by atoms with Crippen molar-refractivity contribution in [2.75, 3.05) is 6.54 Å². The topological polar surface area (TPSA) is 75.4 Å². The van der Waals surface area contributed by atoms with Crippen LogP contribution in [0.3, 0.4) is 0 Å². The van der Waals surface area contributed by atoms with Crippen molar-refractivity contribution in [3.8, 4) is 11.1 Å². The van der Waals surface area contributed by atoms with Crippen LogP contribution in [0.1, 0.15) is 62.6 Å². The molecule has 0 spiro atoms. The van der Waals surface area contributed by atoms with E-state index in [1.54, 1.807) is 36.9 Å². The second kappa shape index (κ2) is 10.8. The number of carbonyl (C=O) groups is 2. The zero-order valence-electron chi connectivity index (χ0n) is 21.2. The van der Waals surface area contributed by atoms with Gasteiger partial charge < -0.3 is 14.7 Å². The minimum absolute atomic E-state index is 0.0441. The molecule has 0 aliphatic carbocycles. The smallest absolute Gasteiger partial charge is 0.243 e. The highest BCUT2D eigenvalue weighted by Crippen LogP contribution is 2.32. The summed E-state index contributed by atoms with van der Waals surface area (Å²) in [5.41, 5.74) is 1.35. The Hall–Kier alpha value is -3.62. The average Bonchev–Trinajstić information content (AvgIpc) is 3.48. The number of nitrogens with one attached hydrogen (secondary N) is 1. The number of amides is 2. The van der Waals surface area contributed by atoms with Gasteiger partial charge in [0.25, 0.3) is 0 Å². The normalized spacial score (nSPS) is 17.2. The number of rotatable bonds is 7. The number of aryl methyl sites for hydroxylation is 1. The fraction of sp³-hybridized carbons (Fsp3) is 0.393. The quantitative estimate of drug-likeness (QED) is 0.441. The summed E-state index contributed by atoms with van der Waals surface area (Å²) in [5.74, 6) is -3.48. The maximum Gasteiger partial charge on any atom is 0.243 e. The van der Waals surface area contributed by atoms with E-state index in [9.17, 15) is 22.8 Å². The molecule has 1 N–H and O–H groups in total. The zero-order chi connectivity index (χ0) is 26.9. The maximum atomic E-state index is 14.1. The van der Waals surface area contributed by atoms with Gasteiger partial charge in [-0.3, -0.25) is 9.59 Å². The molecule has 6 nitrogen and oxygen atoms in total. The summed E-state index contributed by atoms with van der Waals surface area (Å²) in [5, 5.41) is 6.87. The van der Waals surface area contributed by atoms with Crippen molar-refractivity contribution in [3.05, 3.63) is 76.9 Å². The Morgan fingerprint density at radius 3 is 2.27 bits per heavy atom. The van der Waals surface area contributed by atoms with Crippen LogP contribution in [0.5, 0.6) is 0 Å². The van der Waals surface area contributed by atoms with Crippen LogP contribution < -0.4 is 5.32 Å². The van der Waals surface area contributed by atoms with Crippen LogP contribution in [-0.4, -0.2) is 34.5 Å². The Kier molecular flexibility index (Phi) is 7.71. The molecule has 196 valence electrons. The molecule has 1 aromatic heterocycles. The van der Waals surface area contributed by atoms with Crippen molar-refractivity contribution >= 4 is 11.8 Å². The fourth-order valence-corrected chi connectivity index (χ4v) is 4.90. The molecule has 2 heterocycles. The SMILES string of the molecule is Cc1cc(C(C(=O)N2CCCC2C(=O)NC(C)c2ccc(-c3c(F)cc(F)cc3F)cc2)C(C)C)on1. The van der Waals surface area contributed by atoms with Crippen LogP contribution in [0.15, 0.2) is 47.0 Å². The highest BCUT2D eigenvalue weighted by Gasteiger charge is 2.40. The van der Waals surface area contributed by atoms with Crippen LogP contribution in [0.4, 0.5) is 13.2 Å². The third kappa shape index (κ3) is 5.55. The predicted molar refractivity (Wildman–Crippen MR) is 132 cm³/mol. The van der Waals surface area contributed by atoms with Crippen molar-refractivity contribution in [3.63, 3.8) is 0 Å². The number of halogens is 3. The molecule has 3 atom stereocenters. The minimum atomic E-state index is -0.988. The Morgan fingerprint density at radius 1 is 1.05 bits per heavy atom. The van der Waals surface area contributed by atoms with Crippen LogP contribution in [-0.2, 0) is 9.59 Å². The van der Waals surface area contributed by atoms with Gasteiger partial charge in [-0.25, -0.2) is 13.2 Å². The fourth-order valence-electron chi connectivity index (χ4n) is 4.90. The van der Waals surface area contributed by atoms with E-state index in [-0.39, 0.29) is 28.9 Å². The monoisotopic (exact) mass is 513 g/mol. The molecule has 1 aliphatic heterocycles. The first-order valence-electron chi connectivity index (χ1n) is 12.4. The zero-order valence-corrected chi connectivity index (χ0v) is 21.2. The Morgan fingerprint density at radius 2 is 1.70 bits per heavy atom. The van der Waals surface area contributed by atoms with Gasteiger partial charge in [-0.2, -0.15) is 0 Å². The van der Waals surface area contributed by atoms with Gasteiger partial charge in [0.05, 0.1) is 17.3 Å². The van der Waals surface area contributed by atoms with Gasteiger partial charge in [-0.05, 0) is 43.7 Å². The predicted octanol–water partition coefficient (Wildman–Crippen LogP) is 5.68. The molecule has 4 rings (SSSR count). The van der Waals surface area contributed by atoms with Crippen molar-refractivity contribution in [2.45, 2.75) is 58.5 Å². The summed E-state index contributed by atoms with van der Waals surface area (Å²) in [7, 11) is 0. The number of aromatic nitrogens is 1. The van der Waals surface area contributed by atoms with Gasteiger partial charge in [0.1, 0.15) is 35.2 Å². The van der Waals surface area contributed by atoms with Gasteiger partial charge in [0.15, 0.2) is 0 Å². The van der Waals surface area contributed by atoms with Crippen molar-refractivity contribution < 1.29 is 27.3 Å². The van der Waals surface area contributed by atoms with Gasteiger partial charge in [-0.15, -0.1) is 0 Å². The van der Waals surface area contributed by atoms with Gasteiger partial charge >= 0.3 is 0 Å². The largest absolute Gasteiger partial charge is 0.360 e. The van der Waals surface area contributed by atoms with E-state index in [1.807, 2.05) is 13.8 Å². The molecule has 0 radical (unpaired) electrons. The van der Waals surface area contributed by atoms with Crippen LogP contribution >= 0.6 is 0 Å². The Balaban J connectivity index is 1.46. The Labute approximate surface area is 213 Å². The highest BCUT2D eigenvalue weighted by molar-refractivity contribution is 5.91. The molecule has 0 saturated carbocycles. The lowest BCUT2D eigenvalue weighted by Gasteiger charge is -2.29. The molecule has 2 amide bonds. The summed E-state index contributed by atoms with van der Waals surface area (Å²) in [6.45, 7) is 7.93. The Bertz CT molecular complexity index is 1270. The molecule has 1 aliphatic rings. The lowest BCUT2D eigenvalue weighted by molar-refractivity contribution is -0.141. The third-order valence-corrected chi connectivity index (χ3v) is 6.79. The lowest BCUT2D eigenvalue weighted by atomic mass is 9.91. The summed E-state index contributed by atoms with van der Waals surface area (Å²) in [6.07, 6.45) is 1.26. The summed E-state index contributed by atoms with van der Waals surface area (Å²) in [6, 6.07) is 8.35. The number of hydrogen-bond acceptors (Lipinski definition) is 4. The van der Waals surface area contributed by atoms with E-state index in [2.05, 4.69) is 10.5 Å². The summed E-state index contributed by atoms with van der Waals surface area (Å²) < 4.78 is 46.9. The summed E-state index contributed by atoms with van der Waals surface area (Å²) >= 11 is 0. The van der Waals surface area contributed by atoms with E-state index in [0.29, 0.717) is 48.5 Å². The molecule has 9 heteroatoms. The van der Waals surface area contributed by atoms with Gasteiger partial charge in [0, 0.05) is 24.7 Å². The van der Waals surface area contributed by atoms with E-state index < -0.39 is 35.5 Å². The van der Waals surface area contributed by atoms with Crippen LogP contribution in [0.2, 0.25) is 0 Å². The average molecular weight is 514 g/mol.